The second kappa shape index (κ2) is 6.79. The summed E-state index contributed by atoms with van der Waals surface area (Å²) in [5.41, 5.74) is 3.97. The predicted molar refractivity (Wildman–Crippen MR) is 76.3 cm³/mol. The van der Waals surface area contributed by atoms with Crippen molar-refractivity contribution in [2.45, 2.75) is 18.9 Å². The molecule has 1 atom stereocenters. The van der Waals surface area contributed by atoms with Crippen LogP contribution >= 0.6 is 11.6 Å². The van der Waals surface area contributed by atoms with Crippen LogP contribution in [0.25, 0.3) is 0 Å². The van der Waals surface area contributed by atoms with Crippen LogP contribution in [0.4, 0.5) is 8.78 Å². The lowest BCUT2D eigenvalue weighted by molar-refractivity contribution is 0.502. The third kappa shape index (κ3) is 4.00. The van der Waals surface area contributed by atoms with Gasteiger partial charge in [-0.3, -0.25) is 11.3 Å². The van der Waals surface area contributed by atoms with Crippen molar-refractivity contribution in [1.82, 2.24) is 5.43 Å². The standard InChI is InChI=1S/C15H15ClF2N2/c16-12-3-1-10(2-4-12)7-14(20-19)9-11-8-13(17)5-6-15(11)18/h1-6,8,14,20H,7,9,19H2. The molecule has 0 aliphatic rings. The SMILES string of the molecule is NNC(Cc1ccc(Cl)cc1)Cc1cc(F)ccc1F. The molecule has 0 amide bonds. The fourth-order valence-corrected chi connectivity index (χ4v) is 2.19. The van der Waals surface area contributed by atoms with Gasteiger partial charge in [-0.05, 0) is 54.3 Å². The van der Waals surface area contributed by atoms with Crippen LogP contribution in [0.2, 0.25) is 5.02 Å². The fraction of sp³-hybridized carbons (Fsp3) is 0.200. The lowest BCUT2D eigenvalue weighted by Crippen LogP contribution is -2.38. The highest BCUT2D eigenvalue weighted by molar-refractivity contribution is 6.30. The summed E-state index contributed by atoms with van der Waals surface area (Å²) in [5.74, 6) is 4.61. The quantitative estimate of drug-likeness (QED) is 0.657. The minimum atomic E-state index is -0.455. The lowest BCUT2D eigenvalue weighted by Gasteiger charge is -2.16. The summed E-state index contributed by atoms with van der Waals surface area (Å²) in [5, 5.41) is 0.655. The van der Waals surface area contributed by atoms with Gasteiger partial charge in [0.1, 0.15) is 11.6 Å². The van der Waals surface area contributed by atoms with Crippen molar-refractivity contribution in [3.05, 3.63) is 70.2 Å². The second-order valence-corrected chi connectivity index (χ2v) is 5.07. The van der Waals surface area contributed by atoms with E-state index in [1.54, 1.807) is 12.1 Å². The summed E-state index contributed by atoms with van der Waals surface area (Å²) in [7, 11) is 0. The van der Waals surface area contributed by atoms with Crippen molar-refractivity contribution in [2.24, 2.45) is 5.84 Å². The Morgan fingerprint density at radius 1 is 1.05 bits per heavy atom. The molecule has 0 aromatic heterocycles. The number of nitrogens with one attached hydrogen (secondary N) is 1. The summed E-state index contributed by atoms with van der Waals surface area (Å²) in [6.07, 6.45) is 0.909. The highest BCUT2D eigenvalue weighted by Crippen LogP contribution is 2.15. The minimum Gasteiger partial charge on any atom is -0.271 e. The van der Waals surface area contributed by atoms with Gasteiger partial charge in [0.25, 0.3) is 0 Å². The van der Waals surface area contributed by atoms with E-state index < -0.39 is 11.6 Å². The van der Waals surface area contributed by atoms with Gasteiger partial charge in [-0.2, -0.15) is 0 Å². The zero-order valence-electron chi connectivity index (χ0n) is 10.7. The summed E-state index contributed by atoms with van der Waals surface area (Å²) >= 11 is 5.82. The number of nitrogens with two attached hydrogens (primary N) is 1. The second-order valence-electron chi connectivity index (χ2n) is 4.63. The molecule has 20 heavy (non-hydrogen) atoms. The van der Waals surface area contributed by atoms with Crippen LogP contribution < -0.4 is 11.3 Å². The third-order valence-corrected chi connectivity index (χ3v) is 3.36. The first-order chi connectivity index (χ1) is 9.58. The molecule has 0 radical (unpaired) electrons. The van der Waals surface area contributed by atoms with Crippen molar-refractivity contribution < 1.29 is 8.78 Å². The topological polar surface area (TPSA) is 38.0 Å². The molecule has 2 rings (SSSR count). The van der Waals surface area contributed by atoms with Gasteiger partial charge in [-0.1, -0.05) is 23.7 Å². The highest BCUT2D eigenvalue weighted by Gasteiger charge is 2.12. The van der Waals surface area contributed by atoms with Crippen LogP contribution in [-0.4, -0.2) is 6.04 Å². The Balaban J connectivity index is 2.08. The predicted octanol–water partition coefficient (Wildman–Crippen LogP) is 3.24. The Hall–Kier alpha value is -1.49. The number of hydrogen-bond donors (Lipinski definition) is 2. The molecule has 2 aromatic carbocycles. The molecule has 0 aliphatic heterocycles. The van der Waals surface area contributed by atoms with Crippen LogP contribution in [-0.2, 0) is 12.8 Å². The van der Waals surface area contributed by atoms with E-state index in [0.29, 0.717) is 23.4 Å². The summed E-state index contributed by atoms with van der Waals surface area (Å²) < 4.78 is 26.7. The Kier molecular flexibility index (Phi) is 5.06. The van der Waals surface area contributed by atoms with Crippen LogP contribution in [0.15, 0.2) is 42.5 Å². The minimum absolute atomic E-state index is 0.188. The maximum atomic E-state index is 13.6. The summed E-state index contributed by atoms with van der Waals surface area (Å²) in [6, 6.07) is 10.6. The summed E-state index contributed by atoms with van der Waals surface area (Å²) in [4.78, 5) is 0. The van der Waals surface area contributed by atoms with E-state index in [-0.39, 0.29) is 6.04 Å². The highest BCUT2D eigenvalue weighted by atomic mass is 35.5. The normalized spacial score (nSPS) is 12.4. The fourth-order valence-electron chi connectivity index (χ4n) is 2.06. The first-order valence-electron chi connectivity index (χ1n) is 6.23. The van der Waals surface area contributed by atoms with Gasteiger partial charge in [0, 0.05) is 11.1 Å². The number of halogens is 3. The molecular weight excluding hydrogens is 282 g/mol. The number of benzene rings is 2. The van der Waals surface area contributed by atoms with Crippen LogP contribution in [0.1, 0.15) is 11.1 Å². The van der Waals surface area contributed by atoms with Gasteiger partial charge in [0.2, 0.25) is 0 Å². The van der Waals surface area contributed by atoms with Gasteiger partial charge in [0.05, 0.1) is 0 Å². The smallest absolute Gasteiger partial charge is 0.126 e. The van der Waals surface area contributed by atoms with Gasteiger partial charge in [-0.15, -0.1) is 0 Å². The first-order valence-corrected chi connectivity index (χ1v) is 6.61. The van der Waals surface area contributed by atoms with Crippen LogP contribution in [0, 0.1) is 11.6 Å². The van der Waals surface area contributed by atoms with E-state index in [1.807, 2.05) is 12.1 Å². The van der Waals surface area contributed by atoms with E-state index in [1.165, 1.54) is 6.07 Å². The van der Waals surface area contributed by atoms with E-state index in [2.05, 4.69) is 5.43 Å². The van der Waals surface area contributed by atoms with E-state index >= 15 is 0 Å². The molecule has 0 saturated heterocycles. The first kappa shape index (κ1) is 14.9. The van der Waals surface area contributed by atoms with Crippen LogP contribution in [0.3, 0.4) is 0 Å². The Bertz CT molecular complexity index is 573. The number of hydrazine groups is 1. The average molecular weight is 297 g/mol. The molecule has 0 saturated carbocycles. The number of hydrogen-bond acceptors (Lipinski definition) is 2. The van der Waals surface area contributed by atoms with Gasteiger partial charge < -0.3 is 0 Å². The molecular formula is C15H15ClF2N2. The Morgan fingerprint density at radius 3 is 2.40 bits per heavy atom. The van der Waals surface area contributed by atoms with E-state index in [4.69, 9.17) is 17.4 Å². The molecule has 1 unspecified atom stereocenters. The third-order valence-electron chi connectivity index (χ3n) is 3.11. The largest absolute Gasteiger partial charge is 0.271 e. The molecule has 0 aliphatic carbocycles. The van der Waals surface area contributed by atoms with Gasteiger partial charge in [-0.25, -0.2) is 8.78 Å². The molecule has 2 aromatic rings. The molecule has 0 heterocycles. The maximum absolute atomic E-state index is 13.6. The zero-order valence-corrected chi connectivity index (χ0v) is 11.5. The van der Waals surface area contributed by atoms with E-state index in [9.17, 15) is 8.78 Å². The molecule has 0 fully saturated rings. The Morgan fingerprint density at radius 2 is 1.75 bits per heavy atom. The Labute approximate surface area is 121 Å². The molecule has 0 bridgehead atoms. The van der Waals surface area contributed by atoms with E-state index in [0.717, 1.165) is 17.7 Å². The summed E-state index contributed by atoms with van der Waals surface area (Å²) in [6.45, 7) is 0. The molecule has 106 valence electrons. The van der Waals surface area contributed by atoms with Crippen molar-refractivity contribution >= 4 is 11.6 Å². The van der Waals surface area contributed by atoms with Crippen molar-refractivity contribution in [3.8, 4) is 0 Å². The zero-order chi connectivity index (χ0) is 14.5. The maximum Gasteiger partial charge on any atom is 0.126 e. The number of rotatable bonds is 5. The lowest BCUT2D eigenvalue weighted by atomic mass is 9.99. The van der Waals surface area contributed by atoms with Gasteiger partial charge in [0.15, 0.2) is 0 Å². The van der Waals surface area contributed by atoms with Crippen molar-refractivity contribution in [1.29, 1.82) is 0 Å². The van der Waals surface area contributed by atoms with Crippen molar-refractivity contribution in [2.75, 3.05) is 0 Å². The molecule has 0 spiro atoms. The van der Waals surface area contributed by atoms with Crippen molar-refractivity contribution in [3.63, 3.8) is 0 Å². The monoisotopic (exact) mass is 296 g/mol. The average Bonchev–Trinajstić information content (AvgIpc) is 2.44. The molecule has 2 nitrogen and oxygen atoms in total. The van der Waals surface area contributed by atoms with Crippen LogP contribution in [0.5, 0.6) is 0 Å². The molecule has 3 N–H and O–H groups in total. The molecule has 5 heteroatoms. The van der Waals surface area contributed by atoms with Gasteiger partial charge >= 0.3 is 0 Å².